The second kappa shape index (κ2) is 6.36. The summed E-state index contributed by atoms with van der Waals surface area (Å²) in [6.45, 7) is 7.60. The van der Waals surface area contributed by atoms with Gasteiger partial charge in [0.25, 0.3) is 5.91 Å². The summed E-state index contributed by atoms with van der Waals surface area (Å²) in [6.07, 6.45) is 0.423. The maximum atomic E-state index is 12.1. The Bertz CT molecular complexity index is 480. The molecule has 0 aliphatic heterocycles. The van der Waals surface area contributed by atoms with Crippen LogP contribution in [0.1, 0.15) is 41.8 Å². The first kappa shape index (κ1) is 15.2. The molecule has 0 aliphatic rings. The van der Waals surface area contributed by atoms with Gasteiger partial charge in [-0.1, -0.05) is 31.5 Å². The first-order valence-electron chi connectivity index (χ1n) is 6.42. The fourth-order valence-corrected chi connectivity index (χ4v) is 1.91. The summed E-state index contributed by atoms with van der Waals surface area (Å²) < 4.78 is 0. The summed E-state index contributed by atoms with van der Waals surface area (Å²) >= 11 is 0. The van der Waals surface area contributed by atoms with Gasteiger partial charge in [-0.05, 0) is 37.8 Å². The van der Waals surface area contributed by atoms with E-state index in [0.717, 1.165) is 11.1 Å². The Balaban J connectivity index is 2.87. The summed E-state index contributed by atoms with van der Waals surface area (Å²) in [6, 6.07) is 4.73. The van der Waals surface area contributed by atoms with Crippen molar-refractivity contribution in [1.82, 2.24) is 5.32 Å². The second-order valence-corrected chi connectivity index (χ2v) is 5.31. The van der Waals surface area contributed by atoms with Crippen molar-refractivity contribution in [1.29, 1.82) is 0 Å². The Labute approximate surface area is 113 Å². The molecule has 1 aromatic carbocycles. The quantitative estimate of drug-likeness (QED) is 0.858. The molecule has 0 heterocycles. The normalized spacial score (nSPS) is 12.3. The van der Waals surface area contributed by atoms with Crippen molar-refractivity contribution in [3.05, 3.63) is 34.9 Å². The van der Waals surface area contributed by atoms with Gasteiger partial charge in [0, 0.05) is 5.56 Å². The number of amides is 1. The number of nitrogens with one attached hydrogen (secondary N) is 1. The number of carbonyl (C=O) groups excluding carboxylic acids is 1. The Morgan fingerprint density at radius 3 is 2.42 bits per heavy atom. The molecule has 0 fully saturated rings. The average molecular weight is 263 g/mol. The number of rotatable bonds is 5. The third-order valence-electron chi connectivity index (χ3n) is 2.95. The predicted octanol–water partition coefficient (Wildman–Crippen LogP) is 2.53. The van der Waals surface area contributed by atoms with Crippen molar-refractivity contribution < 1.29 is 14.7 Å². The molecule has 0 aliphatic carbocycles. The molecule has 2 N–H and O–H groups in total. The van der Waals surface area contributed by atoms with Gasteiger partial charge >= 0.3 is 5.97 Å². The lowest BCUT2D eigenvalue weighted by atomic mass is 10.0. The average Bonchev–Trinajstić information content (AvgIpc) is 2.30. The highest BCUT2D eigenvalue weighted by Crippen LogP contribution is 2.12. The Kier molecular flexibility index (Phi) is 5.10. The molecule has 1 amide bonds. The highest BCUT2D eigenvalue weighted by atomic mass is 16.4. The van der Waals surface area contributed by atoms with Crippen molar-refractivity contribution in [3.63, 3.8) is 0 Å². The van der Waals surface area contributed by atoms with E-state index in [-0.39, 0.29) is 11.8 Å². The summed E-state index contributed by atoms with van der Waals surface area (Å²) in [5.74, 6) is -1.11. The zero-order valence-corrected chi connectivity index (χ0v) is 11.9. The van der Waals surface area contributed by atoms with Gasteiger partial charge in [0.05, 0.1) is 0 Å². The first-order valence-corrected chi connectivity index (χ1v) is 6.42. The van der Waals surface area contributed by atoms with Crippen LogP contribution in [0, 0.1) is 19.8 Å². The predicted molar refractivity (Wildman–Crippen MR) is 74.3 cm³/mol. The standard InChI is InChI=1S/C15H21NO3/c1-9(2)7-13(15(18)19)16-14(17)12-8-10(3)5-6-11(12)4/h5-6,8-9,13H,7H2,1-4H3,(H,16,17)(H,18,19)/t13-/m1/s1. The SMILES string of the molecule is Cc1ccc(C)c(C(=O)N[C@H](CC(C)C)C(=O)O)c1. The summed E-state index contributed by atoms with van der Waals surface area (Å²) in [5.41, 5.74) is 2.36. The van der Waals surface area contributed by atoms with Crippen molar-refractivity contribution >= 4 is 11.9 Å². The minimum Gasteiger partial charge on any atom is -0.480 e. The topological polar surface area (TPSA) is 66.4 Å². The van der Waals surface area contributed by atoms with Gasteiger partial charge in [-0.3, -0.25) is 4.79 Å². The molecule has 0 unspecified atom stereocenters. The molecule has 0 spiro atoms. The van der Waals surface area contributed by atoms with Crippen LogP contribution in [0.4, 0.5) is 0 Å². The van der Waals surface area contributed by atoms with Crippen molar-refractivity contribution in [3.8, 4) is 0 Å². The van der Waals surface area contributed by atoms with Crippen LogP contribution in [0.3, 0.4) is 0 Å². The van der Waals surface area contributed by atoms with Crippen LogP contribution < -0.4 is 5.32 Å². The van der Waals surface area contributed by atoms with Crippen molar-refractivity contribution in [2.45, 2.75) is 40.2 Å². The number of aryl methyl sites for hydroxylation is 2. The minimum absolute atomic E-state index is 0.208. The van der Waals surface area contributed by atoms with E-state index in [1.165, 1.54) is 0 Å². The maximum absolute atomic E-state index is 12.1. The van der Waals surface area contributed by atoms with Crippen LogP contribution in [-0.4, -0.2) is 23.0 Å². The molecule has 1 rings (SSSR count). The smallest absolute Gasteiger partial charge is 0.326 e. The lowest BCUT2D eigenvalue weighted by Crippen LogP contribution is -2.41. The second-order valence-electron chi connectivity index (χ2n) is 5.31. The Morgan fingerprint density at radius 1 is 1.26 bits per heavy atom. The van der Waals surface area contributed by atoms with Gasteiger partial charge in [0.15, 0.2) is 0 Å². The number of carbonyl (C=O) groups is 2. The lowest BCUT2D eigenvalue weighted by molar-refractivity contribution is -0.139. The molecule has 1 aromatic rings. The molecule has 1 atom stereocenters. The molecule has 0 saturated carbocycles. The van der Waals surface area contributed by atoms with Crippen LogP contribution in [0.2, 0.25) is 0 Å². The lowest BCUT2D eigenvalue weighted by Gasteiger charge is -2.17. The van der Waals surface area contributed by atoms with Crippen molar-refractivity contribution in [2.75, 3.05) is 0 Å². The van der Waals surface area contributed by atoms with E-state index in [2.05, 4.69) is 5.32 Å². The highest BCUT2D eigenvalue weighted by Gasteiger charge is 2.22. The van der Waals surface area contributed by atoms with Crippen LogP contribution in [-0.2, 0) is 4.79 Å². The Morgan fingerprint density at radius 2 is 1.89 bits per heavy atom. The van der Waals surface area contributed by atoms with E-state index in [0.29, 0.717) is 12.0 Å². The monoisotopic (exact) mass is 263 g/mol. The molecule has 4 nitrogen and oxygen atoms in total. The molecule has 0 saturated heterocycles. The van der Waals surface area contributed by atoms with E-state index in [1.54, 1.807) is 6.07 Å². The molecular weight excluding hydrogens is 242 g/mol. The molecular formula is C15H21NO3. The van der Waals surface area contributed by atoms with Crippen LogP contribution in [0.15, 0.2) is 18.2 Å². The maximum Gasteiger partial charge on any atom is 0.326 e. The number of hydrogen-bond donors (Lipinski definition) is 2. The van der Waals surface area contributed by atoms with E-state index >= 15 is 0 Å². The molecule has 0 radical (unpaired) electrons. The van der Waals surface area contributed by atoms with Gasteiger partial charge in [-0.15, -0.1) is 0 Å². The van der Waals surface area contributed by atoms with Crippen LogP contribution in [0.25, 0.3) is 0 Å². The third-order valence-corrected chi connectivity index (χ3v) is 2.95. The third kappa shape index (κ3) is 4.39. The Hall–Kier alpha value is -1.84. The zero-order valence-electron chi connectivity index (χ0n) is 11.9. The van der Waals surface area contributed by atoms with Gasteiger partial charge in [-0.25, -0.2) is 4.79 Å². The number of benzene rings is 1. The van der Waals surface area contributed by atoms with E-state index in [1.807, 2.05) is 39.8 Å². The molecule has 0 aromatic heterocycles. The molecule has 104 valence electrons. The largest absolute Gasteiger partial charge is 0.480 e. The van der Waals surface area contributed by atoms with Gasteiger partial charge in [-0.2, -0.15) is 0 Å². The fourth-order valence-electron chi connectivity index (χ4n) is 1.91. The molecule has 0 bridgehead atoms. The summed E-state index contributed by atoms with van der Waals surface area (Å²) in [7, 11) is 0. The van der Waals surface area contributed by atoms with E-state index < -0.39 is 12.0 Å². The summed E-state index contributed by atoms with van der Waals surface area (Å²) in [5, 5.41) is 11.7. The van der Waals surface area contributed by atoms with Gasteiger partial charge in [0.2, 0.25) is 0 Å². The zero-order chi connectivity index (χ0) is 14.6. The molecule has 4 heteroatoms. The fraction of sp³-hybridized carbons (Fsp3) is 0.467. The van der Waals surface area contributed by atoms with E-state index in [4.69, 9.17) is 5.11 Å². The van der Waals surface area contributed by atoms with Crippen LogP contribution in [0.5, 0.6) is 0 Å². The number of hydrogen-bond acceptors (Lipinski definition) is 2. The number of carboxylic acid groups (broad SMARTS) is 1. The number of carboxylic acids is 1. The van der Waals surface area contributed by atoms with Gasteiger partial charge in [0.1, 0.15) is 6.04 Å². The highest BCUT2D eigenvalue weighted by molar-refractivity contribution is 5.97. The minimum atomic E-state index is -0.993. The molecule has 19 heavy (non-hydrogen) atoms. The number of aliphatic carboxylic acids is 1. The van der Waals surface area contributed by atoms with Crippen molar-refractivity contribution in [2.24, 2.45) is 5.92 Å². The first-order chi connectivity index (χ1) is 8.81. The summed E-state index contributed by atoms with van der Waals surface area (Å²) in [4.78, 5) is 23.3. The van der Waals surface area contributed by atoms with Crippen LogP contribution >= 0.6 is 0 Å². The van der Waals surface area contributed by atoms with E-state index in [9.17, 15) is 9.59 Å². The van der Waals surface area contributed by atoms with Gasteiger partial charge < -0.3 is 10.4 Å².